The van der Waals surface area contributed by atoms with Crippen molar-refractivity contribution in [2.24, 2.45) is 5.92 Å². The summed E-state index contributed by atoms with van der Waals surface area (Å²) in [4.78, 5) is 28.1. The van der Waals surface area contributed by atoms with Gasteiger partial charge in [-0.1, -0.05) is 72.8 Å². The molecule has 0 radical (unpaired) electrons. The first-order valence-electron chi connectivity index (χ1n) is 13.7. The van der Waals surface area contributed by atoms with Gasteiger partial charge in [-0.3, -0.25) is 14.3 Å². The van der Waals surface area contributed by atoms with Gasteiger partial charge in [0.1, 0.15) is 0 Å². The maximum Gasteiger partial charge on any atom is 0.264 e. The monoisotopic (exact) mass is 551 g/mol. The number of allylic oxidation sites excluding steroid dienone is 1. The molecule has 1 aliphatic rings. The van der Waals surface area contributed by atoms with Crippen LogP contribution in [-0.2, 0) is 29.9 Å². The molecule has 3 N–H and O–H groups in total. The van der Waals surface area contributed by atoms with Gasteiger partial charge in [0, 0.05) is 48.5 Å². The Hall–Kier alpha value is -4.60. The number of aryl methyl sites for hydroxylation is 1. The van der Waals surface area contributed by atoms with Crippen LogP contribution in [0.3, 0.4) is 0 Å². The van der Waals surface area contributed by atoms with Crippen molar-refractivity contribution in [3.05, 3.63) is 120 Å². The maximum atomic E-state index is 13.8. The Morgan fingerprint density at radius 1 is 1.07 bits per heavy atom. The highest BCUT2D eigenvalue weighted by Crippen LogP contribution is 2.45. The van der Waals surface area contributed by atoms with Gasteiger partial charge >= 0.3 is 0 Å². The topological polar surface area (TPSA) is 121 Å². The quantitative estimate of drug-likeness (QED) is 0.242. The predicted octanol–water partition coefficient (Wildman–Crippen LogP) is 4.08. The number of benzene rings is 3. The van der Waals surface area contributed by atoms with Gasteiger partial charge in [0.2, 0.25) is 0 Å². The average Bonchev–Trinajstić information content (AvgIpc) is 3.53. The van der Waals surface area contributed by atoms with Crippen LogP contribution in [0.2, 0.25) is 0 Å². The van der Waals surface area contributed by atoms with Crippen LogP contribution < -0.4 is 10.2 Å². The Kier molecular flexibility index (Phi) is 8.37. The van der Waals surface area contributed by atoms with Gasteiger partial charge in [-0.15, -0.1) is 5.10 Å². The van der Waals surface area contributed by atoms with E-state index >= 15 is 0 Å². The molecule has 41 heavy (non-hydrogen) atoms. The molecule has 2 amide bonds. The fraction of sp³-hybridized carbons (Fsp3) is 0.250. The van der Waals surface area contributed by atoms with E-state index in [1.54, 1.807) is 40.0 Å². The van der Waals surface area contributed by atoms with E-state index in [2.05, 4.69) is 15.6 Å². The number of aromatic nitrogens is 3. The van der Waals surface area contributed by atoms with Gasteiger partial charge in [-0.05, 0) is 42.3 Å². The number of nitrogens with one attached hydrogen (secondary N) is 1. The van der Waals surface area contributed by atoms with Crippen LogP contribution in [-0.4, -0.2) is 43.6 Å². The van der Waals surface area contributed by atoms with E-state index in [4.69, 9.17) is 5.11 Å². The molecule has 5 rings (SSSR count). The zero-order chi connectivity index (χ0) is 28.8. The van der Waals surface area contributed by atoms with Crippen LogP contribution in [0.15, 0.2) is 97.2 Å². The number of anilines is 2. The summed E-state index contributed by atoms with van der Waals surface area (Å²) < 4.78 is 1.71. The number of rotatable bonds is 11. The van der Waals surface area contributed by atoms with Crippen molar-refractivity contribution in [2.75, 3.05) is 16.8 Å². The molecule has 9 nitrogen and oxygen atoms in total. The maximum absolute atomic E-state index is 13.8. The lowest BCUT2D eigenvalue weighted by atomic mass is 9.83. The molecule has 1 aromatic heterocycles. The standard InChI is InChI=1S/C32H33N5O4/c1-23(10-7-8-18-36-22-27(17-19-38)34-35-36)32(41)28-15-5-6-16-29(28)37(31(32)40)21-24-11-9-14-26(20-24)33-30(39)25-12-3-2-4-13-25/h2-7,9-16,20,22-23,38,41H,8,17-19,21H2,1H3,(H,33,39)/b10-7+/t23-,32+/m0/s1. The van der Waals surface area contributed by atoms with E-state index in [-0.39, 0.29) is 25.0 Å². The fourth-order valence-corrected chi connectivity index (χ4v) is 5.10. The van der Waals surface area contributed by atoms with E-state index in [0.717, 1.165) is 11.3 Å². The Morgan fingerprint density at radius 2 is 1.85 bits per heavy atom. The van der Waals surface area contributed by atoms with Gasteiger partial charge < -0.3 is 20.4 Å². The van der Waals surface area contributed by atoms with E-state index < -0.39 is 11.5 Å². The number of hydrogen-bond acceptors (Lipinski definition) is 6. The molecule has 210 valence electrons. The minimum absolute atomic E-state index is 0.0253. The van der Waals surface area contributed by atoms with Gasteiger partial charge in [-0.2, -0.15) is 0 Å². The summed E-state index contributed by atoms with van der Waals surface area (Å²) in [6.07, 6.45) is 6.71. The van der Waals surface area contributed by atoms with Crippen molar-refractivity contribution in [1.82, 2.24) is 15.0 Å². The zero-order valence-electron chi connectivity index (χ0n) is 22.9. The SMILES string of the molecule is C[C@@H](/C=C/CCn1cc(CCO)nn1)[C@]1(O)C(=O)N(Cc2cccc(NC(=O)c3ccccc3)c2)c2ccccc21. The molecule has 0 bridgehead atoms. The molecule has 0 aliphatic carbocycles. The first kappa shape index (κ1) is 27.9. The lowest BCUT2D eigenvalue weighted by Gasteiger charge is -2.27. The predicted molar refractivity (Wildman–Crippen MR) is 156 cm³/mol. The average molecular weight is 552 g/mol. The summed E-state index contributed by atoms with van der Waals surface area (Å²) in [7, 11) is 0. The van der Waals surface area contributed by atoms with E-state index in [0.29, 0.717) is 41.9 Å². The fourth-order valence-electron chi connectivity index (χ4n) is 5.10. The molecule has 2 atom stereocenters. The van der Waals surface area contributed by atoms with Crippen molar-refractivity contribution >= 4 is 23.2 Å². The summed E-state index contributed by atoms with van der Waals surface area (Å²) in [5.41, 5.74) is 2.25. The molecule has 0 saturated heterocycles. The van der Waals surface area contributed by atoms with Crippen LogP contribution in [0.25, 0.3) is 0 Å². The number of hydrogen-bond donors (Lipinski definition) is 3. The second-order valence-corrected chi connectivity index (χ2v) is 10.1. The summed E-state index contributed by atoms with van der Waals surface area (Å²) in [6, 6.07) is 23.7. The summed E-state index contributed by atoms with van der Waals surface area (Å²) >= 11 is 0. The minimum Gasteiger partial charge on any atom is -0.396 e. The highest BCUT2D eigenvalue weighted by Gasteiger charge is 2.52. The number of fused-ring (bicyclic) bond motifs is 1. The van der Waals surface area contributed by atoms with Gasteiger partial charge in [0.15, 0.2) is 5.60 Å². The molecular formula is C32H33N5O4. The van der Waals surface area contributed by atoms with Crippen molar-refractivity contribution in [2.45, 2.75) is 38.5 Å². The second kappa shape index (κ2) is 12.3. The molecular weight excluding hydrogens is 518 g/mol. The molecule has 2 heterocycles. The number of carbonyl (C=O) groups is 2. The van der Waals surface area contributed by atoms with E-state index in [1.165, 1.54) is 0 Å². The summed E-state index contributed by atoms with van der Waals surface area (Å²) in [6.45, 7) is 2.70. The number of aliphatic hydroxyl groups is 2. The van der Waals surface area contributed by atoms with E-state index in [9.17, 15) is 14.7 Å². The highest BCUT2D eigenvalue weighted by atomic mass is 16.3. The van der Waals surface area contributed by atoms with Crippen molar-refractivity contribution in [3.8, 4) is 0 Å². The zero-order valence-corrected chi connectivity index (χ0v) is 22.9. The van der Waals surface area contributed by atoms with Crippen LogP contribution >= 0.6 is 0 Å². The minimum atomic E-state index is -1.71. The van der Waals surface area contributed by atoms with Crippen molar-refractivity contribution < 1.29 is 19.8 Å². The third kappa shape index (κ3) is 5.96. The molecule has 0 unspecified atom stereocenters. The van der Waals surface area contributed by atoms with Gasteiger partial charge in [0.25, 0.3) is 11.8 Å². The molecule has 0 saturated carbocycles. The summed E-state index contributed by atoms with van der Waals surface area (Å²) in [5.74, 6) is -1.09. The lowest BCUT2D eigenvalue weighted by molar-refractivity contribution is -0.139. The molecule has 0 fully saturated rings. The Morgan fingerprint density at radius 3 is 2.66 bits per heavy atom. The Labute approximate surface area is 238 Å². The van der Waals surface area contributed by atoms with Gasteiger partial charge in [0.05, 0.1) is 17.9 Å². The third-order valence-corrected chi connectivity index (χ3v) is 7.30. The summed E-state index contributed by atoms with van der Waals surface area (Å²) in [5, 5.41) is 31.9. The molecule has 9 heteroatoms. The smallest absolute Gasteiger partial charge is 0.264 e. The number of carbonyl (C=O) groups excluding carboxylic acids is 2. The van der Waals surface area contributed by atoms with Gasteiger partial charge in [-0.25, -0.2) is 0 Å². The molecule has 1 aliphatic heterocycles. The largest absolute Gasteiger partial charge is 0.396 e. The molecule has 3 aromatic carbocycles. The van der Waals surface area contributed by atoms with E-state index in [1.807, 2.05) is 73.7 Å². The number of amides is 2. The molecule has 0 spiro atoms. The van der Waals surface area contributed by atoms with Crippen LogP contribution in [0.1, 0.15) is 40.5 Å². The highest BCUT2D eigenvalue weighted by molar-refractivity contribution is 6.07. The number of nitrogens with zero attached hydrogens (tertiary/aromatic N) is 4. The molecule has 4 aromatic rings. The first-order chi connectivity index (χ1) is 19.9. The van der Waals surface area contributed by atoms with Crippen LogP contribution in [0.4, 0.5) is 11.4 Å². The lowest BCUT2D eigenvalue weighted by Crippen LogP contribution is -2.44. The van der Waals surface area contributed by atoms with Crippen LogP contribution in [0.5, 0.6) is 0 Å². The first-order valence-corrected chi connectivity index (χ1v) is 13.7. The second-order valence-electron chi connectivity index (χ2n) is 10.1. The third-order valence-electron chi connectivity index (χ3n) is 7.30. The van der Waals surface area contributed by atoms with Crippen molar-refractivity contribution in [1.29, 1.82) is 0 Å². The normalized spacial score (nSPS) is 17.1. The Bertz CT molecular complexity index is 1550. The number of para-hydroxylation sites is 1. The number of aliphatic hydroxyl groups excluding tert-OH is 1. The Balaban J connectivity index is 1.29. The van der Waals surface area contributed by atoms with Crippen LogP contribution in [0, 0.1) is 5.92 Å². The van der Waals surface area contributed by atoms with Crippen molar-refractivity contribution in [3.63, 3.8) is 0 Å².